The molecule has 0 heterocycles. The predicted molar refractivity (Wildman–Crippen MR) is 80.5 cm³/mol. The zero-order valence-electron chi connectivity index (χ0n) is 11.7. The molecular weight excluding hydrogens is 324 g/mol. The Balaban J connectivity index is 2.09. The first-order chi connectivity index (χ1) is 10.8. The van der Waals surface area contributed by atoms with Gasteiger partial charge in [0.1, 0.15) is 0 Å². The van der Waals surface area contributed by atoms with Crippen molar-refractivity contribution in [2.24, 2.45) is 0 Å². The Morgan fingerprint density at radius 2 is 1.65 bits per heavy atom. The summed E-state index contributed by atoms with van der Waals surface area (Å²) in [6.07, 6.45) is 0. The molecule has 0 unspecified atom stereocenters. The number of sulfonamides is 1. The topological polar surface area (TPSA) is 127 Å². The van der Waals surface area contributed by atoms with Gasteiger partial charge in [-0.3, -0.25) is 10.1 Å². The van der Waals surface area contributed by atoms with Gasteiger partial charge in [-0.25, -0.2) is 17.9 Å². The van der Waals surface area contributed by atoms with E-state index in [9.17, 15) is 23.3 Å². The molecule has 23 heavy (non-hydrogen) atoms. The fraction of sp³-hybridized carbons (Fsp3) is 0.0714. The Morgan fingerprint density at radius 3 is 2.13 bits per heavy atom. The lowest BCUT2D eigenvalue weighted by molar-refractivity contribution is -0.384. The van der Waals surface area contributed by atoms with Gasteiger partial charge in [0, 0.05) is 18.7 Å². The van der Waals surface area contributed by atoms with Crippen LogP contribution in [0.5, 0.6) is 0 Å². The second-order valence-electron chi connectivity index (χ2n) is 4.58. The van der Waals surface area contributed by atoms with Crippen molar-refractivity contribution < 1.29 is 23.2 Å². The van der Waals surface area contributed by atoms with E-state index in [-0.39, 0.29) is 22.7 Å². The van der Waals surface area contributed by atoms with Crippen molar-refractivity contribution in [1.82, 2.24) is 4.72 Å². The molecule has 0 spiro atoms. The molecule has 2 aromatic rings. The van der Waals surface area contributed by atoms with Crippen LogP contribution in [0.2, 0.25) is 0 Å². The van der Waals surface area contributed by atoms with E-state index in [0.717, 1.165) is 24.3 Å². The summed E-state index contributed by atoms with van der Waals surface area (Å²) in [5, 5.41) is 19.3. The van der Waals surface area contributed by atoms with Crippen LogP contribution in [-0.2, 0) is 16.6 Å². The maximum absolute atomic E-state index is 12.1. The normalized spacial score (nSPS) is 11.1. The molecular formula is C14H12N2O6S. The Morgan fingerprint density at radius 1 is 1.09 bits per heavy atom. The molecule has 0 saturated carbocycles. The van der Waals surface area contributed by atoms with E-state index in [1.807, 2.05) is 0 Å². The number of nitrogens with zero attached hydrogens (tertiary/aromatic N) is 1. The van der Waals surface area contributed by atoms with Crippen LogP contribution in [-0.4, -0.2) is 24.4 Å². The Labute approximate surface area is 131 Å². The number of benzene rings is 2. The van der Waals surface area contributed by atoms with E-state index >= 15 is 0 Å². The summed E-state index contributed by atoms with van der Waals surface area (Å²) in [7, 11) is -3.82. The molecule has 0 aliphatic rings. The van der Waals surface area contributed by atoms with Crippen LogP contribution < -0.4 is 4.72 Å². The number of nitrogens with one attached hydrogen (secondary N) is 1. The molecule has 2 aromatic carbocycles. The molecule has 0 atom stereocenters. The maximum atomic E-state index is 12.1. The second-order valence-corrected chi connectivity index (χ2v) is 6.34. The largest absolute Gasteiger partial charge is 0.478 e. The molecule has 0 amide bonds. The number of nitro groups is 1. The van der Waals surface area contributed by atoms with Crippen LogP contribution in [0.15, 0.2) is 53.4 Å². The molecule has 2 rings (SSSR count). The zero-order valence-corrected chi connectivity index (χ0v) is 12.5. The quantitative estimate of drug-likeness (QED) is 0.611. The molecule has 0 saturated heterocycles. The van der Waals surface area contributed by atoms with E-state index in [2.05, 4.69) is 4.72 Å². The van der Waals surface area contributed by atoms with Gasteiger partial charge < -0.3 is 5.11 Å². The summed E-state index contributed by atoms with van der Waals surface area (Å²) in [6, 6.07) is 10.3. The monoisotopic (exact) mass is 336 g/mol. The van der Waals surface area contributed by atoms with Crippen LogP contribution in [0.1, 0.15) is 15.9 Å². The lowest BCUT2D eigenvalue weighted by atomic mass is 10.1. The second kappa shape index (κ2) is 6.55. The molecule has 0 aliphatic heterocycles. The SMILES string of the molecule is O=C(O)c1ccc(CNS(=O)(=O)c2ccc([N+](=O)[O-])cc2)cc1. The third-order valence-corrected chi connectivity index (χ3v) is 4.44. The van der Waals surface area contributed by atoms with Crippen molar-refractivity contribution in [1.29, 1.82) is 0 Å². The first-order valence-electron chi connectivity index (χ1n) is 6.36. The zero-order chi connectivity index (χ0) is 17.0. The molecule has 0 bridgehead atoms. The maximum Gasteiger partial charge on any atom is 0.335 e. The summed E-state index contributed by atoms with van der Waals surface area (Å²) >= 11 is 0. The van der Waals surface area contributed by atoms with Gasteiger partial charge in [0.2, 0.25) is 10.0 Å². The van der Waals surface area contributed by atoms with Crippen molar-refractivity contribution >= 4 is 21.7 Å². The highest BCUT2D eigenvalue weighted by atomic mass is 32.2. The number of aromatic carboxylic acids is 1. The smallest absolute Gasteiger partial charge is 0.335 e. The van der Waals surface area contributed by atoms with Crippen LogP contribution in [0.4, 0.5) is 5.69 Å². The minimum Gasteiger partial charge on any atom is -0.478 e. The number of carbonyl (C=O) groups is 1. The number of rotatable bonds is 6. The fourth-order valence-electron chi connectivity index (χ4n) is 1.77. The van der Waals surface area contributed by atoms with Crippen molar-refractivity contribution in [2.75, 3.05) is 0 Å². The summed E-state index contributed by atoms with van der Waals surface area (Å²) in [4.78, 5) is 20.6. The van der Waals surface area contributed by atoms with Gasteiger partial charge in [0.15, 0.2) is 0 Å². The summed E-state index contributed by atoms with van der Waals surface area (Å²) in [5.41, 5.74) is 0.487. The van der Waals surface area contributed by atoms with E-state index in [4.69, 9.17) is 5.11 Å². The number of non-ortho nitro benzene ring substituents is 1. The third-order valence-electron chi connectivity index (χ3n) is 3.03. The highest BCUT2D eigenvalue weighted by Crippen LogP contribution is 2.16. The molecule has 0 aromatic heterocycles. The number of hydrogen-bond donors (Lipinski definition) is 2. The predicted octanol–water partition coefficient (Wildman–Crippen LogP) is 1.77. The minimum atomic E-state index is -3.82. The van der Waals surface area contributed by atoms with E-state index in [0.29, 0.717) is 5.56 Å². The van der Waals surface area contributed by atoms with Gasteiger partial charge in [-0.2, -0.15) is 0 Å². The van der Waals surface area contributed by atoms with Gasteiger partial charge in [-0.15, -0.1) is 0 Å². The highest BCUT2D eigenvalue weighted by Gasteiger charge is 2.15. The van der Waals surface area contributed by atoms with Gasteiger partial charge in [0.25, 0.3) is 5.69 Å². The molecule has 120 valence electrons. The molecule has 2 N–H and O–H groups in total. The van der Waals surface area contributed by atoms with Crippen LogP contribution in [0.25, 0.3) is 0 Å². The molecule has 0 fully saturated rings. The minimum absolute atomic E-state index is 0.0286. The van der Waals surface area contributed by atoms with Gasteiger partial charge in [-0.05, 0) is 29.8 Å². The summed E-state index contributed by atoms with van der Waals surface area (Å²) in [5.74, 6) is -1.07. The van der Waals surface area contributed by atoms with E-state index < -0.39 is 20.9 Å². The Bertz CT molecular complexity index is 829. The lowest BCUT2D eigenvalue weighted by Gasteiger charge is -2.07. The van der Waals surface area contributed by atoms with Crippen LogP contribution in [0, 0.1) is 10.1 Å². The third kappa shape index (κ3) is 4.11. The van der Waals surface area contributed by atoms with Crippen molar-refractivity contribution in [3.05, 3.63) is 69.8 Å². The van der Waals surface area contributed by atoms with Crippen LogP contribution >= 0.6 is 0 Å². The highest BCUT2D eigenvalue weighted by molar-refractivity contribution is 7.89. The number of carboxylic acids is 1. The number of nitro benzene ring substituents is 1. The average molecular weight is 336 g/mol. The van der Waals surface area contributed by atoms with Gasteiger partial charge in [0.05, 0.1) is 15.4 Å². The molecule has 0 aliphatic carbocycles. The average Bonchev–Trinajstić information content (AvgIpc) is 2.53. The molecule has 9 heteroatoms. The molecule has 0 radical (unpaired) electrons. The molecule has 8 nitrogen and oxygen atoms in total. The number of hydrogen-bond acceptors (Lipinski definition) is 5. The van der Waals surface area contributed by atoms with Crippen LogP contribution in [0.3, 0.4) is 0 Å². The van der Waals surface area contributed by atoms with Crippen molar-refractivity contribution in [3.63, 3.8) is 0 Å². The number of carboxylic acid groups (broad SMARTS) is 1. The first-order valence-corrected chi connectivity index (χ1v) is 7.84. The van der Waals surface area contributed by atoms with E-state index in [1.54, 1.807) is 0 Å². The lowest BCUT2D eigenvalue weighted by Crippen LogP contribution is -2.23. The van der Waals surface area contributed by atoms with Gasteiger partial charge >= 0.3 is 5.97 Å². The summed E-state index contributed by atoms with van der Waals surface area (Å²) < 4.78 is 26.5. The Kier molecular flexibility index (Phi) is 4.72. The van der Waals surface area contributed by atoms with E-state index in [1.165, 1.54) is 24.3 Å². The summed E-state index contributed by atoms with van der Waals surface area (Å²) in [6.45, 7) is -0.0286. The Hall–Kier alpha value is -2.78. The van der Waals surface area contributed by atoms with Gasteiger partial charge in [-0.1, -0.05) is 12.1 Å². The standard InChI is InChI=1S/C14H12N2O6S/c17-14(18)11-3-1-10(2-4-11)9-15-23(21,22)13-7-5-12(6-8-13)16(19)20/h1-8,15H,9H2,(H,17,18). The fourth-order valence-corrected chi connectivity index (χ4v) is 2.79. The van der Waals surface area contributed by atoms with Crippen molar-refractivity contribution in [3.8, 4) is 0 Å². The first kappa shape index (κ1) is 16.6. The van der Waals surface area contributed by atoms with Crippen molar-refractivity contribution in [2.45, 2.75) is 11.4 Å².